The molecule has 2 heterocycles. The zero-order valence-electron chi connectivity index (χ0n) is 14.7. The highest BCUT2D eigenvalue weighted by Gasteiger charge is 2.12. The molecule has 0 saturated carbocycles. The number of hydrogen-bond acceptors (Lipinski definition) is 3. The summed E-state index contributed by atoms with van der Waals surface area (Å²) in [5, 5.41) is 5.15. The van der Waals surface area contributed by atoms with Crippen LogP contribution < -0.4 is 5.73 Å². The largest absolute Gasteiger partial charge is 0.368 e. The van der Waals surface area contributed by atoms with Gasteiger partial charge in [0.1, 0.15) is 12.4 Å². The molecule has 0 radical (unpaired) electrons. The van der Waals surface area contributed by atoms with Crippen molar-refractivity contribution in [1.82, 2.24) is 14.8 Å². The first-order chi connectivity index (χ1) is 13.0. The lowest BCUT2D eigenvalue weighted by molar-refractivity contribution is -0.118. The van der Waals surface area contributed by atoms with Crippen LogP contribution in [0.2, 0.25) is 0 Å². The molecule has 0 aliphatic heterocycles. The molecule has 4 rings (SSSR count). The van der Waals surface area contributed by atoms with Gasteiger partial charge in [-0.15, -0.1) is 0 Å². The highest BCUT2D eigenvalue weighted by Crippen LogP contribution is 2.32. The van der Waals surface area contributed by atoms with Gasteiger partial charge in [0.15, 0.2) is 0 Å². The quantitative estimate of drug-likeness (QED) is 0.603. The molecule has 2 N–H and O–H groups in total. The van der Waals surface area contributed by atoms with Crippen molar-refractivity contribution in [1.29, 1.82) is 0 Å². The number of nitrogens with two attached hydrogens (primary N) is 1. The minimum atomic E-state index is -0.450. The summed E-state index contributed by atoms with van der Waals surface area (Å²) in [4.78, 5) is 15.8. The summed E-state index contributed by atoms with van der Waals surface area (Å²) in [6.45, 7) is 1.75. The van der Waals surface area contributed by atoms with Gasteiger partial charge in [-0.3, -0.25) is 14.5 Å². The molecule has 2 aromatic carbocycles. The third kappa shape index (κ3) is 3.17. The number of amides is 1. The van der Waals surface area contributed by atoms with Gasteiger partial charge in [-0.1, -0.05) is 18.2 Å². The van der Waals surface area contributed by atoms with E-state index in [1.165, 1.54) is 6.07 Å². The molecule has 6 heteroatoms. The summed E-state index contributed by atoms with van der Waals surface area (Å²) >= 11 is 0. The van der Waals surface area contributed by atoms with Gasteiger partial charge < -0.3 is 5.73 Å². The Bertz CT molecular complexity index is 1170. The normalized spacial score (nSPS) is 11.0. The summed E-state index contributed by atoms with van der Waals surface area (Å²) in [7, 11) is 0. The fourth-order valence-electron chi connectivity index (χ4n) is 3.17. The predicted molar refractivity (Wildman–Crippen MR) is 102 cm³/mol. The van der Waals surface area contributed by atoms with E-state index >= 15 is 0 Å². The lowest BCUT2D eigenvalue weighted by Gasteiger charge is -2.11. The minimum Gasteiger partial charge on any atom is -0.368 e. The molecule has 0 spiro atoms. The Morgan fingerprint density at radius 1 is 1.15 bits per heavy atom. The molecule has 134 valence electrons. The minimum absolute atomic E-state index is 0.0179. The van der Waals surface area contributed by atoms with Crippen LogP contribution >= 0.6 is 0 Å². The molecule has 4 aromatic rings. The van der Waals surface area contributed by atoms with Crippen molar-refractivity contribution < 1.29 is 9.18 Å². The first kappa shape index (κ1) is 16.9. The number of primary amides is 1. The van der Waals surface area contributed by atoms with Gasteiger partial charge in [0.2, 0.25) is 5.91 Å². The molecule has 0 bridgehead atoms. The molecule has 0 fully saturated rings. The first-order valence-electron chi connectivity index (χ1n) is 8.49. The summed E-state index contributed by atoms with van der Waals surface area (Å²) in [5.41, 5.74) is 10.1. The Hall–Kier alpha value is -3.54. The number of fused-ring (bicyclic) bond motifs is 1. The lowest BCUT2D eigenvalue weighted by Crippen LogP contribution is -2.19. The average molecular weight is 360 g/mol. The molecule has 0 aliphatic carbocycles. The number of rotatable bonds is 4. The van der Waals surface area contributed by atoms with Crippen LogP contribution in [-0.2, 0) is 11.3 Å². The summed E-state index contributed by atoms with van der Waals surface area (Å²) in [6, 6.07) is 14.7. The highest BCUT2D eigenvalue weighted by atomic mass is 19.1. The van der Waals surface area contributed by atoms with E-state index in [2.05, 4.69) is 10.1 Å². The van der Waals surface area contributed by atoms with Gasteiger partial charge in [-0.2, -0.15) is 5.10 Å². The number of halogens is 1. The maximum atomic E-state index is 13.7. The van der Waals surface area contributed by atoms with Gasteiger partial charge in [0.05, 0.1) is 17.4 Å². The molecule has 5 nitrogen and oxygen atoms in total. The Labute approximate surface area is 155 Å². The molecule has 1 amide bonds. The highest BCUT2D eigenvalue weighted by molar-refractivity contribution is 5.89. The fraction of sp³-hybridized carbons (Fsp3) is 0.0952. The van der Waals surface area contributed by atoms with Crippen LogP contribution in [0.25, 0.3) is 33.3 Å². The number of hydrogen-bond donors (Lipinski definition) is 1. The van der Waals surface area contributed by atoms with Crippen molar-refractivity contribution in [3.8, 4) is 22.4 Å². The smallest absolute Gasteiger partial charge is 0.239 e. The zero-order chi connectivity index (χ0) is 19.0. The summed E-state index contributed by atoms with van der Waals surface area (Å²) in [5.74, 6) is -0.692. The van der Waals surface area contributed by atoms with Crippen LogP contribution in [0.15, 0.2) is 60.9 Å². The van der Waals surface area contributed by atoms with E-state index in [-0.39, 0.29) is 12.4 Å². The molecular weight excluding hydrogens is 343 g/mol. The van der Waals surface area contributed by atoms with Gasteiger partial charge in [0.25, 0.3) is 0 Å². The van der Waals surface area contributed by atoms with Gasteiger partial charge in [0, 0.05) is 22.7 Å². The molecule has 0 atom stereocenters. The Balaban J connectivity index is 1.86. The molecule has 27 heavy (non-hydrogen) atoms. The van der Waals surface area contributed by atoms with E-state index in [0.717, 1.165) is 33.3 Å². The van der Waals surface area contributed by atoms with Gasteiger partial charge >= 0.3 is 0 Å². The first-order valence-corrected chi connectivity index (χ1v) is 8.49. The van der Waals surface area contributed by atoms with Crippen molar-refractivity contribution in [2.75, 3.05) is 0 Å². The van der Waals surface area contributed by atoms with Crippen molar-refractivity contribution in [2.45, 2.75) is 13.5 Å². The summed E-state index contributed by atoms with van der Waals surface area (Å²) < 4.78 is 15.2. The van der Waals surface area contributed by atoms with Crippen LogP contribution in [0.5, 0.6) is 0 Å². The maximum Gasteiger partial charge on any atom is 0.239 e. The van der Waals surface area contributed by atoms with Crippen LogP contribution in [0.4, 0.5) is 4.39 Å². The number of carbonyl (C=O) groups excluding carboxylic acids is 1. The monoisotopic (exact) mass is 360 g/mol. The topological polar surface area (TPSA) is 73.8 Å². The summed E-state index contributed by atoms with van der Waals surface area (Å²) in [6.07, 6.45) is 3.42. The van der Waals surface area contributed by atoms with Gasteiger partial charge in [-0.05, 0) is 48.4 Å². The molecule has 0 saturated heterocycles. The molecule has 2 aromatic heterocycles. The van der Waals surface area contributed by atoms with Crippen LogP contribution in [0.1, 0.15) is 5.56 Å². The predicted octanol–water partition coefficient (Wildman–Crippen LogP) is 3.70. The zero-order valence-corrected chi connectivity index (χ0v) is 14.7. The second kappa shape index (κ2) is 6.64. The van der Waals surface area contributed by atoms with E-state index < -0.39 is 5.91 Å². The standard InChI is InChI=1S/C21H17FN4O/c1-13-9-15(6-7-18(13)22)21-17(3-2-8-24-21)14-4-5-16-11-25-26(12-20(23)27)19(16)10-14/h2-11H,12H2,1H3,(H2,23,27). The second-order valence-corrected chi connectivity index (χ2v) is 6.41. The lowest BCUT2D eigenvalue weighted by atomic mass is 9.97. The van der Waals surface area contributed by atoms with Crippen molar-refractivity contribution >= 4 is 16.8 Å². The van der Waals surface area contributed by atoms with E-state index in [0.29, 0.717) is 5.56 Å². The van der Waals surface area contributed by atoms with Crippen LogP contribution in [-0.4, -0.2) is 20.7 Å². The Kier molecular flexibility index (Phi) is 4.16. The van der Waals surface area contributed by atoms with Gasteiger partial charge in [-0.25, -0.2) is 4.39 Å². The van der Waals surface area contributed by atoms with Crippen molar-refractivity contribution in [2.24, 2.45) is 5.73 Å². The third-order valence-corrected chi connectivity index (χ3v) is 4.50. The SMILES string of the molecule is Cc1cc(-c2ncccc2-c2ccc3cnn(CC(N)=O)c3c2)ccc1F. The van der Waals surface area contributed by atoms with E-state index in [1.54, 1.807) is 36.1 Å². The van der Waals surface area contributed by atoms with Crippen molar-refractivity contribution in [3.05, 3.63) is 72.3 Å². The number of carbonyl (C=O) groups is 1. The number of aryl methyl sites for hydroxylation is 1. The number of benzene rings is 2. The fourth-order valence-corrected chi connectivity index (χ4v) is 3.17. The Morgan fingerprint density at radius 3 is 2.74 bits per heavy atom. The average Bonchev–Trinajstić information content (AvgIpc) is 3.05. The number of aromatic nitrogens is 3. The van der Waals surface area contributed by atoms with Crippen LogP contribution in [0.3, 0.4) is 0 Å². The molecule has 0 unspecified atom stereocenters. The Morgan fingerprint density at radius 2 is 1.96 bits per heavy atom. The molecule has 0 aliphatic rings. The second-order valence-electron chi connectivity index (χ2n) is 6.41. The van der Waals surface area contributed by atoms with E-state index in [4.69, 9.17) is 5.73 Å². The number of pyridine rings is 1. The third-order valence-electron chi connectivity index (χ3n) is 4.50. The van der Waals surface area contributed by atoms with E-state index in [1.807, 2.05) is 30.3 Å². The van der Waals surface area contributed by atoms with Crippen molar-refractivity contribution in [3.63, 3.8) is 0 Å². The molecular formula is C21H17FN4O. The van der Waals surface area contributed by atoms with E-state index in [9.17, 15) is 9.18 Å². The maximum absolute atomic E-state index is 13.7. The number of nitrogens with zero attached hydrogens (tertiary/aromatic N) is 3. The van der Waals surface area contributed by atoms with Crippen LogP contribution in [0, 0.1) is 12.7 Å².